The number of piperidine rings is 1. The lowest BCUT2D eigenvalue weighted by molar-refractivity contribution is 0.0599. The molecular weight excluding hydrogens is 384 g/mol. The summed E-state index contributed by atoms with van der Waals surface area (Å²) < 4.78 is 5.63. The van der Waals surface area contributed by atoms with Gasteiger partial charge in [-0.1, -0.05) is 0 Å². The van der Waals surface area contributed by atoms with Crippen molar-refractivity contribution in [2.45, 2.75) is 32.7 Å². The molecule has 1 aliphatic heterocycles. The zero-order valence-corrected chi connectivity index (χ0v) is 15.9. The number of likely N-dealkylation sites (tertiary alicyclic amines) is 1. The molecule has 6 nitrogen and oxygen atoms in total. The highest BCUT2D eigenvalue weighted by atomic mass is 79.9. The van der Waals surface area contributed by atoms with Crippen LogP contribution in [-0.2, 0) is 4.74 Å². The van der Waals surface area contributed by atoms with E-state index in [1.165, 1.54) is 23.3 Å². The first-order valence-electron chi connectivity index (χ1n) is 7.52. The van der Waals surface area contributed by atoms with E-state index in [0.29, 0.717) is 18.7 Å². The summed E-state index contributed by atoms with van der Waals surface area (Å²) in [6.07, 6.45) is 0.736. The Morgan fingerprint density at radius 3 is 2.52 bits per heavy atom. The second kappa shape index (κ2) is 7.53. The fourth-order valence-corrected chi connectivity index (χ4v) is 5.09. The Kier molecular flexibility index (Phi) is 5.91. The first-order chi connectivity index (χ1) is 10.9. The highest BCUT2D eigenvalue weighted by molar-refractivity contribution is 9.11. The highest BCUT2D eigenvalue weighted by Gasteiger charge is 2.30. The number of anilines is 1. The van der Waals surface area contributed by atoms with Gasteiger partial charge in [0.05, 0.1) is 21.5 Å². The number of carboxylic acid groups (broad SMARTS) is 1. The second-order valence-electron chi connectivity index (χ2n) is 5.46. The standard InChI is InChI=1S/C15H21BrN2O4S/c1-4-18(10-5-7-17(8-6-10)15(20)21)13-9(2)11(12(16)23-13)14(19)22-3/h10H,4-8H2,1-3H3,(H,20,21). The van der Waals surface area contributed by atoms with E-state index >= 15 is 0 Å². The minimum absolute atomic E-state index is 0.283. The first-order valence-corrected chi connectivity index (χ1v) is 9.13. The van der Waals surface area contributed by atoms with Gasteiger partial charge in [-0.25, -0.2) is 9.59 Å². The number of methoxy groups -OCH3 is 1. The van der Waals surface area contributed by atoms with E-state index in [0.717, 1.165) is 33.7 Å². The van der Waals surface area contributed by atoms with Crippen molar-refractivity contribution in [1.29, 1.82) is 0 Å². The summed E-state index contributed by atoms with van der Waals surface area (Å²) in [4.78, 5) is 26.7. The van der Waals surface area contributed by atoms with Crippen molar-refractivity contribution in [2.24, 2.45) is 0 Å². The molecule has 2 rings (SSSR count). The van der Waals surface area contributed by atoms with Crippen LogP contribution in [0.3, 0.4) is 0 Å². The van der Waals surface area contributed by atoms with Gasteiger partial charge in [0.25, 0.3) is 0 Å². The zero-order valence-electron chi connectivity index (χ0n) is 13.5. The molecule has 1 aromatic heterocycles. The summed E-state index contributed by atoms with van der Waals surface area (Å²) in [5.74, 6) is -0.339. The second-order valence-corrected chi connectivity index (χ2v) is 7.78. The number of ether oxygens (including phenoxy) is 1. The van der Waals surface area contributed by atoms with Gasteiger partial charge in [0.1, 0.15) is 0 Å². The summed E-state index contributed by atoms with van der Waals surface area (Å²) in [6, 6.07) is 0.283. The Bertz CT molecular complexity index is 597. The first kappa shape index (κ1) is 18.1. The van der Waals surface area contributed by atoms with Crippen molar-refractivity contribution >= 4 is 44.3 Å². The molecule has 0 unspecified atom stereocenters. The van der Waals surface area contributed by atoms with E-state index in [1.54, 1.807) is 0 Å². The fraction of sp³-hybridized carbons (Fsp3) is 0.600. The van der Waals surface area contributed by atoms with Crippen molar-refractivity contribution < 1.29 is 19.4 Å². The molecule has 0 radical (unpaired) electrons. The molecule has 2 heterocycles. The summed E-state index contributed by atoms with van der Waals surface area (Å²) >= 11 is 4.99. The van der Waals surface area contributed by atoms with Crippen LogP contribution in [0.15, 0.2) is 3.79 Å². The summed E-state index contributed by atoms with van der Waals surface area (Å²) in [5.41, 5.74) is 1.49. The molecule has 1 amide bonds. The number of hydrogen-bond donors (Lipinski definition) is 1. The molecule has 23 heavy (non-hydrogen) atoms. The van der Waals surface area contributed by atoms with Crippen molar-refractivity contribution in [3.8, 4) is 0 Å². The Labute approximate surface area is 148 Å². The van der Waals surface area contributed by atoms with Gasteiger partial charge in [-0.05, 0) is 48.2 Å². The maximum atomic E-state index is 11.9. The lowest BCUT2D eigenvalue weighted by atomic mass is 10.0. The number of thiophene rings is 1. The van der Waals surface area contributed by atoms with Crippen molar-refractivity contribution in [3.63, 3.8) is 0 Å². The molecule has 1 fully saturated rings. The molecule has 1 aliphatic rings. The molecule has 0 saturated carbocycles. The number of esters is 1. The quantitative estimate of drug-likeness (QED) is 0.776. The lowest BCUT2D eigenvalue weighted by Gasteiger charge is -2.38. The van der Waals surface area contributed by atoms with E-state index in [-0.39, 0.29) is 12.0 Å². The Hall–Kier alpha value is -1.28. The smallest absolute Gasteiger partial charge is 0.407 e. The number of hydrogen-bond acceptors (Lipinski definition) is 5. The molecule has 1 saturated heterocycles. The number of amides is 1. The van der Waals surface area contributed by atoms with E-state index in [4.69, 9.17) is 9.84 Å². The van der Waals surface area contributed by atoms with Crippen molar-refractivity contribution in [2.75, 3.05) is 31.6 Å². The number of halogens is 1. The molecule has 0 atom stereocenters. The van der Waals surface area contributed by atoms with Gasteiger partial charge >= 0.3 is 12.1 Å². The highest BCUT2D eigenvalue weighted by Crippen LogP contribution is 2.41. The van der Waals surface area contributed by atoms with Crippen LogP contribution in [0, 0.1) is 6.92 Å². The van der Waals surface area contributed by atoms with Crippen LogP contribution in [0.5, 0.6) is 0 Å². The average Bonchev–Trinajstić information content (AvgIpc) is 2.83. The summed E-state index contributed by atoms with van der Waals surface area (Å²) in [6.45, 7) is 5.91. The molecule has 8 heteroatoms. The monoisotopic (exact) mass is 404 g/mol. The van der Waals surface area contributed by atoms with Crippen LogP contribution in [-0.4, -0.2) is 54.9 Å². The maximum absolute atomic E-state index is 11.9. The zero-order chi connectivity index (χ0) is 17.1. The molecular formula is C15H21BrN2O4S. The summed E-state index contributed by atoms with van der Waals surface area (Å²) in [5, 5.41) is 10.1. The minimum Gasteiger partial charge on any atom is -0.465 e. The molecule has 0 aromatic carbocycles. The normalized spacial score (nSPS) is 15.6. The molecule has 0 aliphatic carbocycles. The van der Waals surface area contributed by atoms with Gasteiger partial charge < -0.3 is 19.6 Å². The number of rotatable bonds is 4. The average molecular weight is 405 g/mol. The lowest BCUT2D eigenvalue weighted by Crippen LogP contribution is -2.46. The Morgan fingerprint density at radius 1 is 1.43 bits per heavy atom. The van der Waals surface area contributed by atoms with E-state index in [2.05, 4.69) is 27.8 Å². The predicted octanol–water partition coefficient (Wildman–Crippen LogP) is 3.57. The molecule has 1 aromatic rings. The Morgan fingerprint density at radius 2 is 2.04 bits per heavy atom. The van der Waals surface area contributed by atoms with Crippen LogP contribution < -0.4 is 4.90 Å². The number of nitrogens with zero attached hydrogens (tertiary/aromatic N) is 2. The van der Waals surface area contributed by atoms with Crippen LogP contribution in [0.2, 0.25) is 0 Å². The number of carbonyl (C=O) groups excluding carboxylic acids is 1. The molecule has 0 spiro atoms. The largest absolute Gasteiger partial charge is 0.465 e. The van der Waals surface area contributed by atoms with Gasteiger partial charge in [-0.15, -0.1) is 11.3 Å². The molecule has 128 valence electrons. The maximum Gasteiger partial charge on any atom is 0.407 e. The SMILES string of the molecule is CCN(c1sc(Br)c(C(=O)OC)c1C)C1CCN(C(=O)O)CC1. The van der Waals surface area contributed by atoms with E-state index < -0.39 is 6.09 Å². The van der Waals surface area contributed by atoms with Gasteiger partial charge in [0, 0.05) is 25.7 Å². The number of carbonyl (C=O) groups is 2. The van der Waals surface area contributed by atoms with Crippen LogP contribution in [0.4, 0.5) is 9.80 Å². The third-order valence-corrected chi connectivity index (χ3v) is 6.24. The van der Waals surface area contributed by atoms with Gasteiger partial charge in [-0.2, -0.15) is 0 Å². The third-order valence-electron chi connectivity index (χ3n) is 4.25. The van der Waals surface area contributed by atoms with Gasteiger partial charge in [-0.3, -0.25) is 0 Å². The minimum atomic E-state index is -0.852. The van der Waals surface area contributed by atoms with Crippen molar-refractivity contribution in [1.82, 2.24) is 4.90 Å². The summed E-state index contributed by atoms with van der Waals surface area (Å²) in [7, 11) is 1.38. The topological polar surface area (TPSA) is 70.1 Å². The van der Waals surface area contributed by atoms with Gasteiger partial charge in [0.2, 0.25) is 0 Å². The molecule has 1 N–H and O–H groups in total. The van der Waals surface area contributed by atoms with Crippen molar-refractivity contribution in [3.05, 3.63) is 14.9 Å². The van der Waals surface area contributed by atoms with Crippen LogP contribution in [0.25, 0.3) is 0 Å². The predicted molar refractivity (Wildman–Crippen MR) is 93.7 cm³/mol. The van der Waals surface area contributed by atoms with E-state index in [1.807, 2.05) is 6.92 Å². The molecule has 0 bridgehead atoms. The van der Waals surface area contributed by atoms with Crippen LogP contribution in [0.1, 0.15) is 35.7 Å². The van der Waals surface area contributed by atoms with E-state index in [9.17, 15) is 9.59 Å². The Balaban J connectivity index is 2.22. The van der Waals surface area contributed by atoms with Gasteiger partial charge in [0.15, 0.2) is 0 Å². The fourth-order valence-electron chi connectivity index (χ4n) is 3.01. The third kappa shape index (κ3) is 3.63. The van der Waals surface area contributed by atoms with Crippen LogP contribution >= 0.6 is 27.3 Å².